The Bertz CT molecular complexity index is 1220. The number of aromatic nitrogens is 3. The standard InChI is InChI=1S/C23H20FN3O4/c1-2-29-20-5-3-4-16(12-20)13-27-14-18(8-11-21(27)28)23-25-22(26-31-23)17-6-9-19(10-7-17)30-15-24/h3-12,14H,2,13,15H2,1H3. The van der Waals surface area contributed by atoms with E-state index in [1.165, 1.54) is 6.07 Å². The number of hydrogen-bond acceptors (Lipinski definition) is 6. The molecule has 0 saturated heterocycles. The van der Waals surface area contributed by atoms with Gasteiger partial charge in [-0.2, -0.15) is 4.98 Å². The highest BCUT2D eigenvalue weighted by molar-refractivity contribution is 5.59. The number of benzene rings is 2. The average molecular weight is 421 g/mol. The zero-order valence-electron chi connectivity index (χ0n) is 16.8. The van der Waals surface area contributed by atoms with Gasteiger partial charge in [0, 0.05) is 17.8 Å². The van der Waals surface area contributed by atoms with Gasteiger partial charge < -0.3 is 18.6 Å². The third kappa shape index (κ3) is 4.80. The Hall–Kier alpha value is -3.94. The fourth-order valence-corrected chi connectivity index (χ4v) is 3.10. The van der Waals surface area contributed by atoms with Gasteiger partial charge in [-0.25, -0.2) is 4.39 Å². The van der Waals surface area contributed by atoms with Crippen molar-refractivity contribution in [3.8, 4) is 34.3 Å². The van der Waals surface area contributed by atoms with E-state index in [-0.39, 0.29) is 11.4 Å². The SMILES string of the molecule is CCOc1cccc(Cn2cc(-c3nc(-c4ccc(OCF)cc4)no3)ccc2=O)c1. The van der Waals surface area contributed by atoms with Crippen LogP contribution in [0.25, 0.3) is 22.8 Å². The van der Waals surface area contributed by atoms with Crippen LogP contribution in [-0.2, 0) is 6.54 Å². The molecule has 0 radical (unpaired) electrons. The number of nitrogens with zero attached hydrogens (tertiary/aromatic N) is 3. The van der Waals surface area contributed by atoms with Crippen LogP contribution in [0, 0.1) is 0 Å². The second-order valence-corrected chi connectivity index (χ2v) is 6.67. The van der Waals surface area contributed by atoms with Gasteiger partial charge in [0.15, 0.2) is 0 Å². The molecule has 0 unspecified atom stereocenters. The van der Waals surface area contributed by atoms with Crippen LogP contribution in [0.3, 0.4) is 0 Å². The highest BCUT2D eigenvalue weighted by Gasteiger charge is 2.12. The first-order valence-corrected chi connectivity index (χ1v) is 9.72. The molecule has 0 saturated carbocycles. The molecule has 158 valence electrons. The molecule has 0 bridgehead atoms. The third-order valence-corrected chi connectivity index (χ3v) is 4.55. The van der Waals surface area contributed by atoms with E-state index in [0.717, 1.165) is 11.3 Å². The smallest absolute Gasteiger partial charge is 0.259 e. The lowest BCUT2D eigenvalue weighted by molar-refractivity contribution is 0.192. The van der Waals surface area contributed by atoms with Crippen molar-refractivity contribution in [2.75, 3.05) is 13.5 Å². The Labute approximate surface area is 177 Å². The first-order valence-electron chi connectivity index (χ1n) is 9.72. The molecule has 8 heteroatoms. The summed E-state index contributed by atoms with van der Waals surface area (Å²) in [5.74, 6) is 1.84. The van der Waals surface area contributed by atoms with E-state index in [4.69, 9.17) is 14.0 Å². The maximum absolute atomic E-state index is 12.4. The average Bonchev–Trinajstić information content (AvgIpc) is 3.27. The van der Waals surface area contributed by atoms with Gasteiger partial charge in [0.1, 0.15) is 11.5 Å². The van der Waals surface area contributed by atoms with Crippen LogP contribution in [0.5, 0.6) is 11.5 Å². The maximum atomic E-state index is 12.4. The number of ether oxygens (including phenoxy) is 2. The van der Waals surface area contributed by atoms with Gasteiger partial charge >= 0.3 is 0 Å². The lowest BCUT2D eigenvalue weighted by atomic mass is 10.2. The molecule has 2 aromatic heterocycles. The van der Waals surface area contributed by atoms with E-state index in [1.807, 2.05) is 31.2 Å². The predicted molar refractivity (Wildman–Crippen MR) is 113 cm³/mol. The molecule has 0 atom stereocenters. The Kier molecular flexibility index (Phi) is 6.07. The zero-order valence-corrected chi connectivity index (χ0v) is 16.8. The zero-order chi connectivity index (χ0) is 21.6. The molecule has 0 spiro atoms. The fraction of sp³-hybridized carbons (Fsp3) is 0.174. The van der Waals surface area contributed by atoms with Crippen molar-refractivity contribution in [1.82, 2.24) is 14.7 Å². The van der Waals surface area contributed by atoms with Crippen molar-refractivity contribution in [2.45, 2.75) is 13.5 Å². The van der Waals surface area contributed by atoms with Gasteiger partial charge in [0.2, 0.25) is 12.7 Å². The normalized spacial score (nSPS) is 10.8. The van der Waals surface area contributed by atoms with Crippen LogP contribution < -0.4 is 15.0 Å². The molecule has 0 amide bonds. The summed E-state index contributed by atoms with van der Waals surface area (Å²) in [7, 11) is 0. The Morgan fingerprint density at radius 2 is 1.81 bits per heavy atom. The van der Waals surface area contributed by atoms with E-state index in [1.54, 1.807) is 41.1 Å². The van der Waals surface area contributed by atoms with E-state index < -0.39 is 6.86 Å². The molecule has 4 rings (SSSR count). The summed E-state index contributed by atoms with van der Waals surface area (Å²) in [6, 6.07) is 17.4. The number of rotatable bonds is 8. The van der Waals surface area contributed by atoms with Crippen LogP contribution in [-0.4, -0.2) is 28.2 Å². The second kappa shape index (κ2) is 9.25. The molecule has 0 aliphatic heterocycles. The van der Waals surface area contributed by atoms with Gasteiger partial charge in [-0.1, -0.05) is 17.3 Å². The quantitative estimate of drug-likeness (QED) is 0.422. The molecule has 0 aliphatic rings. The van der Waals surface area contributed by atoms with Gasteiger partial charge in [0.05, 0.1) is 18.7 Å². The highest BCUT2D eigenvalue weighted by Crippen LogP contribution is 2.24. The van der Waals surface area contributed by atoms with Crippen molar-refractivity contribution < 1.29 is 18.4 Å². The van der Waals surface area contributed by atoms with Crippen molar-refractivity contribution in [3.63, 3.8) is 0 Å². The van der Waals surface area contributed by atoms with Crippen molar-refractivity contribution >= 4 is 0 Å². The van der Waals surface area contributed by atoms with Gasteiger partial charge in [-0.15, -0.1) is 0 Å². The molecule has 31 heavy (non-hydrogen) atoms. The minimum atomic E-state index is -0.892. The summed E-state index contributed by atoms with van der Waals surface area (Å²) in [5.41, 5.74) is 2.11. The van der Waals surface area contributed by atoms with Crippen LogP contribution >= 0.6 is 0 Å². The Morgan fingerprint density at radius 1 is 1.00 bits per heavy atom. The summed E-state index contributed by atoms with van der Waals surface area (Å²) < 4.78 is 29.5. The lowest BCUT2D eigenvalue weighted by Gasteiger charge is -2.09. The monoisotopic (exact) mass is 421 g/mol. The first kappa shape index (κ1) is 20.3. The Morgan fingerprint density at radius 3 is 2.58 bits per heavy atom. The number of halogens is 1. The highest BCUT2D eigenvalue weighted by atomic mass is 19.1. The summed E-state index contributed by atoms with van der Waals surface area (Å²) in [4.78, 5) is 16.8. The minimum Gasteiger partial charge on any atom is -0.494 e. The number of alkyl halides is 1. The van der Waals surface area contributed by atoms with E-state index in [2.05, 4.69) is 10.1 Å². The molecule has 0 fully saturated rings. The summed E-state index contributed by atoms with van der Waals surface area (Å²) in [6.45, 7) is 1.98. The first-order chi connectivity index (χ1) is 15.2. The van der Waals surface area contributed by atoms with Crippen LogP contribution in [0.1, 0.15) is 12.5 Å². The molecule has 2 heterocycles. The summed E-state index contributed by atoms with van der Waals surface area (Å²) in [5, 5.41) is 4.00. The van der Waals surface area contributed by atoms with Gasteiger partial charge in [-0.05, 0) is 55.0 Å². The Balaban J connectivity index is 1.57. The molecule has 4 aromatic rings. The van der Waals surface area contributed by atoms with E-state index >= 15 is 0 Å². The number of pyridine rings is 1. The lowest BCUT2D eigenvalue weighted by Crippen LogP contribution is -2.19. The molecular formula is C23H20FN3O4. The largest absolute Gasteiger partial charge is 0.494 e. The van der Waals surface area contributed by atoms with Crippen molar-refractivity contribution in [1.29, 1.82) is 0 Å². The van der Waals surface area contributed by atoms with Gasteiger partial charge in [0.25, 0.3) is 11.4 Å². The second-order valence-electron chi connectivity index (χ2n) is 6.67. The predicted octanol–water partition coefficient (Wildman–Crippen LogP) is 4.32. The fourth-order valence-electron chi connectivity index (χ4n) is 3.10. The van der Waals surface area contributed by atoms with Crippen LogP contribution in [0.4, 0.5) is 4.39 Å². The topological polar surface area (TPSA) is 79.4 Å². The molecule has 0 N–H and O–H groups in total. The van der Waals surface area contributed by atoms with E-state index in [9.17, 15) is 9.18 Å². The van der Waals surface area contributed by atoms with Crippen molar-refractivity contribution in [3.05, 3.63) is 82.8 Å². The van der Waals surface area contributed by atoms with Crippen LogP contribution in [0.15, 0.2) is 76.2 Å². The summed E-state index contributed by atoms with van der Waals surface area (Å²) >= 11 is 0. The molecule has 7 nitrogen and oxygen atoms in total. The molecule has 0 aliphatic carbocycles. The van der Waals surface area contributed by atoms with Crippen molar-refractivity contribution in [2.24, 2.45) is 0 Å². The third-order valence-electron chi connectivity index (χ3n) is 4.55. The molecular weight excluding hydrogens is 401 g/mol. The maximum Gasteiger partial charge on any atom is 0.259 e. The van der Waals surface area contributed by atoms with Crippen LogP contribution in [0.2, 0.25) is 0 Å². The minimum absolute atomic E-state index is 0.145. The van der Waals surface area contributed by atoms with E-state index in [0.29, 0.717) is 35.9 Å². The summed E-state index contributed by atoms with van der Waals surface area (Å²) in [6.07, 6.45) is 1.69. The molecule has 2 aromatic carbocycles. The number of hydrogen-bond donors (Lipinski definition) is 0. The van der Waals surface area contributed by atoms with Gasteiger partial charge in [-0.3, -0.25) is 4.79 Å².